The van der Waals surface area contributed by atoms with Gasteiger partial charge < -0.3 is 11.1 Å². The monoisotopic (exact) mass is 168 g/mol. The van der Waals surface area contributed by atoms with E-state index in [1.54, 1.807) is 0 Å². The van der Waals surface area contributed by atoms with Crippen molar-refractivity contribution >= 4 is 0 Å². The maximum Gasteiger partial charge on any atom is 0.0120 e. The third-order valence-electron chi connectivity index (χ3n) is 3.55. The van der Waals surface area contributed by atoms with Gasteiger partial charge >= 0.3 is 0 Å². The van der Waals surface area contributed by atoms with Gasteiger partial charge in [-0.25, -0.2) is 0 Å². The molecule has 0 aromatic heterocycles. The second kappa shape index (κ2) is 3.75. The second-order valence-electron chi connectivity index (χ2n) is 4.39. The predicted octanol–water partition coefficient (Wildman–Crippen LogP) is 1.11. The molecule has 2 fully saturated rings. The lowest BCUT2D eigenvalue weighted by atomic mass is 9.77. The number of nitrogens with two attached hydrogens (primary N) is 1. The molecule has 0 bridgehead atoms. The Balaban J connectivity index is 1.80. The van der Waals surface area contributed by atoms with Crippen molar-refractivity contribution in [3.05, 3.63) is 0 Å². The lowest BCUT2D eigenvalue weighted by molar-refractivity contribution is 0.195. The van der Waals surface area contributed by atoms with Crippen molar-refractivity contribution in [2.75, 3.05) is 13.1 Å². The number of hydrogen-bond acceptors (Lipinski definition) is 2. The lowest BCUT2D eigenvalue weighted by Crippen LogP contribution is -2.54. The van der Waals surface area contributed by atoms with Crippen LogP contribution in [0.1, 0.15) is 32.1 Å². The van der Waals surface area contributed by atoms with Crippen LogP contribution >= 0.6 is 0 Å². The van der Waals surface area contributed by atoms with Crippen LogP contribution in [0, 0.1) is 11.8 Å². The van der Waals surface area contributed by atoms with Crippen LogP contribution in [-0.2, 0) is 0 Å². The highest BCUT2D eigenvalue weighted by atomic mass is 15.0. The van der Waals surface area contributed by atoms with E-state index in [1.165, 1.54) is 32.1 Å². The first-order chi connectivity index (χ1) is 5.88. The summed E-state index contributed by atoms with van der Waals surface area (Å²) in [4.78, 5) is 0. The molecule has 12 heavy (non-hydrogen) atoms. The molecule has 1 saturated heterocycles. The zero-order chi connectivity index (χ0) is 8.39. The molecule has 2 rings (SSSR count). The van der Waals surface area contributed by atoms with Gasteiger partial charge in [0.15, 0.2) is 0 Å². The molecule has 2 heteroatoms. The highest BCUT2D eigenvalue weighted by Gasteiger charge is 2.30. The van der Waals surface area contributed by atoms with Crippen molar-refractivity contribution in [2.24, 2.45) is 17.6 Å². The first-order valence-corrected chi connectivity index (χ1v) is 5.34. The Kier molecular flexibility index (Phi) is 2.66. The van der Waals surface area contributed by atoms with E-state index in [-0.39, 0.29) is 0 Å². The Morgan fingerprint density at radius 3 is 2.17 bits per heavy atom. The van der Waals surface area contributed by atoms with E-state index in [0.29, 0.717) is 6.04 Å². The molecule has 1 heterocycles. The first kappa shape index (κ1) is 8.52. The van der Waals surface area contributed by atoms with Crippen molar-refractivity contribution in [1.29, 1.82) is 0 Å². The molecule has 2 nitrogen and oxygen atoms in total. The molecule has 0 aromatic rings. The van der Waals surface area contributed by atoms with E-state index in [9.17, 15) is 0 Å². The summed E-state index contributed by atoms with van der Waals surface area (Å²) >= 11 is 0. The van der Waals surface area contributed by atoms with Crippen molar-refractivity contribution in [1.82, 2.24) is 5.32 Å². The number of hydrogen-bond donors (Lipinski definition) is 2. The minimum absolute atomic E-state index is 0.492. The fourth-order valence-electron chi connectivity index (χ4n) is 2.49. The second-order valence-corrected chi connectivity index (χ2v) is 4.39. The Bertz CT molecular complexity index is 137. The van der Waals surface area contributed by atoms with Gasteiger partial charge in [0.25, 0.3) is 0 Å². The van der Waals surface area contributed by atoms with Crippen molar-refractivity contribution in [3.63, 3.8) is 0 Å². The van der Waals surface area contributed by atoms with Crippen LogP contribution in [-0.4, -0.2) is 19.1 Å². The van der Waals surface area contributed by atoms with E-state index in [0.717, 1.165) is 24.9 Å². The molecule has 1 aliphatic carbocycles. The molecule has 2 aliphatic rings. The molecule has 1 unspecified atom stereocenters. The Morgan fingerprint density at radius 1 is 1.00 bits per heavy atom. The topological polar surface area (TPSA) is 38.0 Å². The zero-order valence-corrected chi connectivity index (χ0v) is 7.76. The van der Waals surface area contributed by atoms with Crippen LogP contribution in [0.15, 0.2) is 0 Å². The average Bonchev–Trinajstić information content (AvgIpc) is 2.03. The molecule has 1 saturated carbocycles. The normalized spacial score (nSPS) is 29.8. The molecule has 0 amide bonds. The minimum Gasteiger partial charge on any atom is -0.327 e. The molecular formula is C10H20N2. The minimum atomic E-state index is 0.492. The maximum absolute atomic E-state index is 6.21. The van der Waals surface area contributed by atoms with Crippen LogP contribution in [0.25, 0.3) is 0 Å². The van der Waals surface area contributed by atoms with E-state index >= 15 is 0 Å². The summed E-state index contributed by atoms with van der Waals surface area (Å²) in [6.45, 7) is 2.33. The molecule has 0 aromatic carbocycles. The van der Waals surface area contributed by atoms with Gasteiger partial charge in [-0.15, -0.1) is 0 Å². The predicted molar refractivity (Wildman–Crippen MR) is 50.9 cm³/mol. The number of nitrogens with one attached hydrogen (secondary N) is 1. The van der Waals surface area contributed by atoms with Crippen LogP contribution < -0.4 is 11.1 Å². The lowest BCUT2D eigenvalue weighted by Gasteiger charge is -2.38. The van der Waals surface area contributed by atoms with Crippen LogP contribution in [0.4, 0.5) is 0 Å². The van der Waals surface area contributed by atoms with Crippen molar-refractivity contribution in [3.8, 4) is 0 Å². The zero-order valence-electron chi connectivity index (χ0n) is 7.76. The molecule has 70 valence electrons. The first-order valence-electron chi connectivity index (χ1n) is 5.34. The fraction of sp³-hybridized carbons (Fsp3) is 1.00. The molecule has 3 N–H and O–H groups in total. The van der Waals surface area contributed by atoms with Gasteiger partial charge in [-0.05, 0) is 24.7 Å². The average molecular weight is 168 g/mol. The summed E-state index contributed by atoms with van der Waals surface area (Å²) in [5.74, 6) is 1.62. The van der Waals surface area contributed by atoms with Crippen LogP contribution in [0.3, 0.4) is 0 Å². The van der Waals surface area contributed by atoms with Gasteiger partial charge in [0.2, 0.25) is 0 Å². The summed E-state index contributed by atoms with van der Waals surface area (Å²) in [5.41, 5.74) is 6.21. The van der Waals surface area contributed by atoms with Gasteiger partial charge in [0, 0.05) is 19.1 Å². The van der Waals surface area contributed by atoms with Gasteiger partial charge in [-0.2, -0.15) is 0 Å². The molecular weight excluding hydrogens is 148 g/mol. The number of rotatable bonds is 2. The van der Waals surface area contributed by atoms with Crippen LogP contribution in [0.2, 0.25) is 0 Å². The quantitative estimate of drug-likeness (QED) is 0.648. The maximum atomic E-state index is 6.21. The summed E-state index contributed by atoms with van der Waals surface area (Å²) in [6, 6.07) is 0.492. The Labute approximate surface area is 74.9 Å². The van der Waals surface area contributed by atoms with Crippen molar-refractivity contribution in [2.45, 2.75) is 38.1 Å². The standard InChI is InChI=1S/C10H20N2/c11-10(9-6-12-7-9)8-4-2-1-3-5-8/h8-10,12H,1-7,11H2. The summed E-state index contributed by atoms with van der Waals surface area (Å²) < 4.78 is 0. The summed E-state index contributed by atoms with van der Waals surface area (Å²) in [6.07, 6.45) is 7.04. The van der Waals surface area contributed by atoms with E-state index in [2.05, 4.69) is 5.32 Å². The molecule has 1 aliphatic heterocycles. The van der Waals surface area contributed by atoms with Gasteiger partial charge in [0.1, 0.15) is 0 Å². The van der Waals surface area contributed by atoms with E-state index in [4.69, 9.17) is 5.73 Å². The largest absolute Gasteiger partial charge is 0.327 e. The van der Waals surface area contributed by atoms with E-state index < -0.39 is 0 Å². The fourth-order valence-corrected chi connectivity index (χ4v) is 2.49. The molecule has 1 atom stereocenters. The van der Waals surface area contributed by atoms with E-state index in [1.807, 2.05) is 0 Å². The van der Waals surface area contributed by atoms with Crippen molar-refractivity contribution < 1.29 is 0 Å². The van der Waals surface area contributed by atoms with Gasteiger partial charge in [0.05, 0.1) is 0 Å². The SMILES string of the molecule is NC(C1CCCCC1)C1CNC1. The van der Waals surface area contributed by atoms with Crippen LogP contribution in [0.5, 0.6) is 0 Å². The highest BCUT2D eigenvalue weighted by molar-refractivity contribution is 4.89. The Hall–Kier alpha value is -0.0800. The molecule has 0 spiro atoms. The Morgan fingerprint density at radius 2 is 1.67 bits per heavy atom. The highest BCUT2D eigenvalue weighted by Crippen LogP contribution is 2.29. The molecule has 0 radical (unpaired) electrons. The third kappa shape index (κ3) is 1.64. The van der Waals surface area contributed by atoms with Gasteiger partial charge in [-0.3, -0.25) is 0 Å². The smallest absolute Gasteiger partial charge is 0.0120 e. The third-order valence-corrected chi connectivity index (χ3v) is 3.55. The summed E-state index contributed by atoms with van der Waals surface area (Å²) in [7, 11) is 0. The van der Waals surface area contributed by atoms with Gasteiger partial charge in [-0.1, -0.05) is 19.3 Å². The summed E-state index contributed by atoms with van der Waals surface area (Å²) in [5, 5.41) is 3.30.